The molecule has 1 N–H and O–H groups in total. The van der Waals surface area contributed by atoms with E-state index in [0.717, 1.165) is 12.8 Å². The minimum atomic E-state index is 0.0571. The number of carbonyl (C=O) groups is 1. The van der Waals surface area contributed by atoms with E-state index in [1.54, 1.807) is 0 Å². The lowest BCUT2D eigenvalue weighted by Gasteiger charge is -2.40. The van der Waals surface area contributed by atoms with Crippen LogP contribution in [-0.2, 0) is 4.79 Å². The van der Waals surface area contributed by atoms with Crippen LogP contribution >= 0.6 is 0 Å². The van der Waals surface area contributed by atoms with Crippen LogP contribution in [0.4, 0.5) is 0 Å². The number of carbonyl (C=O) groups excluding carboxylic acids is 1. The van der Waals surface area contributed by atoms with Crippen molar-refractivity contribution in [2.45, 2.75) is 95.0 Å². The van der Waals surface area contributed by atoms with Crippen molar-refractivity contribution in [2.24, 2.45) is 28.1 Å². The molecule has 0 saturated heterocycles. The average Bonchev–Trinajstić information content (AvgIpc) is 2.24. The normalized spacial score (nSPS) is 17.8. The first-order valence-electron chi connectivity index (χ1n) is 8.88. The van der Waals surface area contributed by atoms with Crippen LogP contribution in [0.1, 0.15) is 89.0 Å². The summed E-state index contributed by atoms with van der Waals surface area (Å²) < 4.78 is 0. The zero-order valence-electron chi connectivity index (χ0n) is 17.1. The molecule has 0 heterocycles. The molecule has 3 unspecified atom stereocenters. The zero-order valence-corrected chi connectivity index (χ0v) is 17.1. The number of hydrogen-bond acceptors (Lipinski definition) is 1. The molecule has 2 nitrogen and oxygen atoms in total. The van der Waals surface area contributed by atoms with Crippen molar-refractivity contribution in [2.75, 3.05) is 0 Å². The monoisotopic (exact) mass is 311 g/mol. The lowest BCUT2D eigenvalue weighted by atomic mass is 9.65. The molecule has 0 fully saturated rings. The third-order valence-corrected chi connectivity index (χ3v) is 5.87. The molecular weight excluding hydrogens is 270 g/mol. The first kappa shape index (κ1) is 21.5. The summed E-state index contributed by atoms with van der Waals surface area (Å²) in [4.78, 5) is 12.5. The molecular formula is C20H41NO. The van der Waals surface area contributed by atoms with Crippen molar-refractivity contribution in [3.63, 3.8) is 0 Å². The smallest absolute Gasteiger partial charge is 0.223 e. The van der Waals surface area contributed by atoms with Gasteiger partial charge < -0.3 is 5.32 Å². The van der Waals surface area contributed by atoms with Gasteiger partial charge in [0.05, 0.1) is 0 Å². The standard InChI is InChI=1S/C20H41NO/c1-14(13-20(10,11)19(7,8)9)17(22)21-16(3)12-15(2)18(4,5)6/h14-16H,12-13H2,1-11H3,(H,21,22). The second kappa shape index (κ2) is 7.36. The van der Waals surface area contributed by atoms with E-state index in [1.807, 2.05) is 0 Å². The fraction of sp³-hybridized carbons (Fsp3) is 0.950. The summed E-state index contributed by atoms with van der Waals surface area (Å²) in [6.07, 6.45) is 1.95. The molecule has 0 saturated carbocycles. The fourth-order valence-electron chi connectivity index (χ4n) is 2.49. The molecule has 0 aromatic heterocycles. The summed E-state index contributed by atoms with van der Waals surface area (Å²) in [5.41, 5.74) is 0.637. The molecule has 0 aliphatic rings. The Morgan fingerprint density at radius 3 is 1.73 bits per heavy atom. The lowest BCUT2D eigenvalue weighted by Crippen LogP contribution is -2.41. The third kappa shape index (κ3) is 6.71. The maximum absolute atomic E-state index is 12.5. The maximum atomic E-state index is 12.5. The van der Waals surface area contributed by atoms with E-state index < -0.39 is 0 Å². The number of nitrogens with one attached hydrogen (secondary N) is 1. The van der Waals surface area contributed by atoms with Crippen LogP contribution < -0.4 is 5.32 Å². The Labute approximate surface area is 139 Å². The second-order valence-electron chi connectivity index (χ2n) is 10.2. The van der Waals surface area contributed by atoms with Crippen molar-refractivity contribution in [3.05, 3.63) is 0 Å². The largest absolute Gasteiger partial charge is 0.353 e. The molecule has 0 radical (unpaired) electrons. The van der Waals surface area contributed by atoms with Gasteiger partial charge in [-0.15, -0.1) is 0 Å². The topological polar surface area (TPSA) is 29.1 Å². The van der Waals surface area contributed by atoms with E-state index in [-0.39, 0.29) is 28.7 Å². The first-order valence-corrected chi connectivity index (χ1v) is 8.88. The summed E-state index contributed by atoms with van der Waals surface area (Å²) >= 11 is 0. The number of amides is 1. The molecule has 0 aliphatic heterocycles. The van der Waals surface area contributed by atoms with Crippen LogP contribution in [0.2, 0.25) is 0 Å². The van der Waals surface area contributed by atoms with Gasteiger partial charge in [-0.1, -0.05) is 69.2 Å². The molecule has 0 rings (SSSR count). The third-order valence-electron chi connectivity index (χ3n) is 5.87. The molecule has 3 atom stereocenters. The summed E-state index contributed by atoms with van der Waals surface area (Å²) in [5, 5.41) is 3.22. The molecule has 0 spiro atoms. The van der Waals surface area contributed by atoms with Gasteiger partial charge in [0.1, 0.15) is 0 Å². The van der Waals surface area contributed by atoms with Gasteiger partial charge in [0.2, 0.25) is 5.91 Å². The minimum absolute atomic E-state index is 0.0571. The molecule has 0 bridgehead atoms. The summed E-state index contributed by atoms with van der Waals surface area (Å²) in [5.74, 6) is 0.844. The van der Waals surface area contributed by atoms with Gasteiger partial charge in [0.15, 0.2) is 0 Å². The summed E-state index contributed by atoms with van der Waals surface area (Å²) in [6, 6.07) is 0.238. The van der Waals surface area contributed by atoms with E-state index in [2.05, 4.69) is 81.5 Å². The Kier molecular flexibility index (Phi) is 7.18. The maximum Gasteiger partial charge on any atom is 0.223 e. The number of hydrogen-bond donors (Lipinski definition) is 1. The molecule has 1 amide bonds. The number of rotatable bonds is 6. The van der Waals surface area contributed by atoms with E-state index >= 15 is 0 Å². The van der Waals surface area contributed by atoms with E-state index in [1.165, 1.54) is 0 Å². The highest BCUT2D eigenvalue weighted by Crippen LogP contribution is 2.42. The Morgan fingerprint density at radius 1 is 0.909 bits per heavy atom. The highest BCUT2D eigenvalue weighted by molar-refractivity contribution is 5.78. The van der Waals surface area contributed by atoms with Gasteiger partial charge >= 0.3 is 0 Å². The van der Waals surface area contributed by atoms with E-state index in [0.29, 0.717) is 11.3 Å². The quantitative estimate of drug-likeness (QED) is 0.673. The van der Waals surface area contributed by atoms with Crippen molar-refractivity contribution < 1.29 is 4.79 Å². The Hall–Kier alpha value is -0.530. The van der Waals surface area contributed by atoms with Crippen LogP contribution in [0.15, 0.2) is 0 Å². The van der Waals surface area contributed by atoms with Gasteiger partial charge in [-0.25, -0.2) is 0 Å². The van der Waals surface area contributed by atoms with Gasteiger partial charge in [0.25, 0.3) is 0 Å². The highest BCUT2D eigenvalue weighted by atomic mass is 16.1. The minimum Gasteiger partial charge on any atom is -0.353 e. The molecule has 2 heteroatoms. The molecule has 0 aliphatic carbocycles. The second-order valence-corrected chi connectivity index (χ2v) is 10.2. The van der Waals surface area contributed by atoms with Crippen LogP contribution in [0.3, 0.4) is 0 Å². The first-order chi connectivity index (χ1) is 9.58. The van der Waals surface area contributed by atoms with E-state index in [4.69, 9.17) is 0 Å². The van der Waals surface area contributed by atoms with Gasteiger partial charge in [-0.05, 0) is 41.9 Å². The van der Waals surface area contributed by atoms with Crippen molar-refractivity contribution in [3.8, 4) is 0 Å². The Balaban J connectivity index is 4.55. The Morgan fingerprint density at radius 2 is 1.36 bits per heavy atom. The lowest BCUT2D eigenvalue weighted by molar-refractivity contribution is -0.126. The van der Waals surface area contributed by atoms with Gasteiger partial charge in [0, 0.05) is 12.0 Å². The SMILES string of the molecule is CC(CC(C)C(C)(C)C)NC(=O)C(C)CC(C)(C)C(C)(C)C. The van der Waals surface area contributed by atoms with E-state index in [9.17, 15) is 4.79 Å². The molecule has 132 valence electrons. The summed E-state index contributed by atoms with van der Waals surface area (Å²) in [7, 11) is 0. The predicted molar refractivity (Wildman–Crippen MR) is 97.9 cm³/mol. The molecule has 22 heavy (non-hydrogen) atoms. The zero-order chi connectivity index (χ0) is 17.9. The van der Waals surface area contributed by atoms with Crippen molar-refractivity contribution >= 4 is 5.91 Å². The van der Waals surface area contributed by atoms with Crippen molar-refractivity contribution in [1.82, 2.24) is 5.32 Å². The molecule has 0 aromatic carbocycles. The average molecular weight is 312 g/mol. The Bertz CT molecular complexity index is 357. The van der Waals surface area contributed by atoms with Crippen molar-refractivity contribution in [1.29, 1.82) is 0 Å². The van der Waals surface area contributed by atoms with Gasteiger partial charge in [-0.3, -0.25) is 4.79 Å². The van der Waals surface area contributed by atoms with Crippen LogP contribution in [0.25, 0.3) is 0 Å². The van der Waals surface area contributed by atoms with Crippen LogP contribution in [0, 0.1) is 28.1 Å². The fourth-order valence-corrected chi connectivity index (χ4v) is 2.49. The van der Waals surface area contributed by atoms with Crippen LogP contribution in [0.5, 0.6) is 0 Å². The highest BCUT2D eigenvalue weighted by Gasteiger charge is 2.35. The predicted octanol–water partition coefficient (Wildman–Crippen LogP) is 5.66. The van der Waals surface area contributed by atoms with Crippen LogP contribution in [-0.4, -0.2) is 11.9 Å². The molecule has 0 aromatic rings. The van der Waals surface area contributed by atoms with Gasteiger partial charge in [-0.2, -0.15) is 0 Å². The summed E-state index contributed by atoms with van der Waals surface area (Å²) in [6.45, 7) is 24.5.